The summed E-state index contributed by atoms with van der Waals surface area (Å²) < 4.78 is 33.2. The lowest BCUT2D eigenvalue weighted by Gasteiger charge is -2.50. The Morgan fingerprint density at radius 3 is 2.67 bits per heavy atom. The molecule has 0 heterocycles. The van der Waals surface area contributed by atoms with Crippen molar-refractivity contribution in [2.75, 3.05) is 14.2 Å². The molecule has 1 saturated carbocycles. The van der Waals surface area contributed by atoms with Crippen molar-refractivity contribution in [2.45, 2.75) is 43.9 Å². The van der Waals surface area contributed by atoms with Gasteiger partial charge in [0.2, 0.25) is 10.0 Å². The third-order valence-corrected chi connectivity index (χ3v) is 5.82. The van der Waals surface area contributed by atoms with Crippen LogP contribution in [0.2, 0.25) is 0 Å². The summed E-state index contributed by atoms with van der Waals surface area (Å²) >= 11 is 0. The number of hydrogen-bond acceptors (Lipinski definition) is 4. The van der Waals surface area contributed by atoms with Gasteiger partial charge >= 0.3 is 0 Å². The lowest BCUT2D eigenvalue weighted by Crippen LogP contribution is -2.61. The molecule has 0 bridgehead atoms. The maximum Gasteiger partial charge on any atom is 0.240 e. The number of benzene rings is 1. The van der Waals surface area contributed by atoms with E-state index >= 15 is 0 Å². The number of hydrogen-bond donors (Lipinski definition) is 2. The second-order valence-electron chi connectivity index (χ2n) is 6.13. The molecule has 2 rings (SSSR count). The van der Waals surface area contributed by atoms with Crippen LogP contribution in [0.3, 0.4) is 0 Å². The van der Waals surface area contributed by atoms with Gasteiger partial charge in [-0.1, -0.05) is 26.0 Å². The Hall–Kier alpha value is -0.950. The summed E-state index contributed by atoms with van der Waals surface area (Å²) in [4.78, 5) is 0.312. The second kappa shape index (κ2) is 6.04. The van der Waals surface area contributed by atoms with Gasteiger partial charge in [0.05, 0.1) is 11.0 Å². The molecule has 6 heteroatoms. The summed E-state index contributed by atoms with van der Waals surface area (Å²) in [5, 5.41) is 3.02. The van der Waals surface area contributed by atoms with Crippen molar-refractivity contribution in [1.29, 1.82) is 0 Å². The van der Waals surface area contributed by atoms with Gasteiger partial charge in [-0.25, -0.2) is 13.1 Å². The molecule has 5 nitrogen and oxygen atoms in total. The highest BCUT2D eigenvalue weighted by Crippen LogP contribution is 2.43. The monoisotopic (exact) mass is 312 g/mol. The van der Waals surface area contributed by atoms with E-state index in [0.717, 1.165) is 5.56 Å². The Labute approximate surface area is 127 Å². The average molecular weight is 312 g/mol. The fourth-order valence-electron chi connectivity index (χ4n) is 2.77. The van der Waals surface area contributed by atoms with Crippen LogP contribution in [-0.2, 0) is 21.3 Å². The lowest BCUT2D eigenvalue weighted by atomic mass is 9.65. The van der Waals surface area contributed by atoms with E-state index in [9.17, 15) is 8.42 Å². The van der Waals surface area contributed by atoms with Gasteiger partial charge in [-0.05, 0) is 31.2 Å². The van der Waals surface area contributed by atoms with Crippen molar-refractivity contribution in [3.05, 3.63) is 29.8 Å². The highest BCUT2D eigenvalue weighted by molar-refractivity contribution is 7.89. The molecule has 1 aromatic carbocycles. The summed E-state index contributed by atoms with van der Waals surface area (Å²) in [6.45, 7) is 4.69. The molecule has 118 valence electrons. The van der Waals surface area contributed by atoms with Gasteiger partial charge < -0.3 is 10.1 Å². The van der Waals surface area contributed by atoms with Gasteiger partial charge in [0.1, 0.15) is 0 Å². The van der Waals surface area contributed by atoms with Crippen LogP contribution in [0.1, 0.15) is 25.8 Å². The van der Waals surface area contributed by atoms with Gasteiger partial charge in [0.15, 0.2) is 0 Å². The molecule has 1 aliphatic carbocycles. The van der Waals surface area contributed by atoms with Crippen LogP contribution < -0.4 is 10.0 Å². The van der Waals surface area contributed by atoms with Crippen LogP contribution in [0.5, 0.6) is 0 Å². The first-order valence-electron chi connectivity index (χ1n) is 7.10. The van der Waals surface area contributed by atoms with Crippen LogP contribution in [0.25, 0.3) is 0 Å². The third-order valence-electron chi connectivity index (χ3n) is 4.35. The molecule has 0 spiro atoms. The predicted octanol–water partition coefficient (Wildman–Crippen LogP) is 1.50. The highest BCUT2D eigenvalue weighted by atomic mass is 32.2. The van der Waals surface area contributed by atoms with E-state index in [-0.39, 0.29) is 17.6 Å². The van der Waals surface area contributed by atoms with Gasteiger partial charge in [-0.3, -0.25) is 0 Å². The van der Waals surface area contributed by atoms with E-state index < -0.39 is 10.0 Å². The van der Waals surface area contributed by atoms with Crippen LogP contribution in [0, 0.1) is 5.41 Å². The maximum absolute atomic E-state index is 12.5. The molecule has 2 N–H and O–H groups in total. The zero-order valence-corrected chi connectivity index (χ0v) is 13.8. The van der Waals surface area contributed by atoms with E-state index in [1.807, 2.05) is 27.0 Å². The molecular formula is C15H24N2O3S. The molecule has 0 amide bonds. The van der Waals surface area contributed by atoms with Crippen molar-refractivity contribution in [3.63, 3.8) is 0 Å². The Kier molecular flexibility index (Phi) is 4.72. The molecule has 2 atom stereocenters. The predicted molar refractivity (Wildman–Crippen MR) is 82.5 cm³/mol. The Morgan fingerprint density at radius 1 is 1.38 bits per heavy atom. The van der Waals surface area contributed by atoms with Gasteiger partial charge in [0.25, 0.3) is 0 Å². The minimum absolute atomic E-state index is 0.0968. The van der Waals surface area contributed by atoms with Crippen LogP contribution in [0.15, 0.2) is 29.2 Å². The third kappa shape index (κ3) is 3.29. The molecule has 1 aliphatic rings. The number of sulfonamides is 1. The van der Waals surface area contributed by atoms with E-state index in [2.05, 4.69) is 10.0 Å². The number of methoxy groups -OCH3 is 1. The Balaban J connectivity index is 2.14. The lowest BCUT2D eigenvalue weighted by molar-refractivity contribution is -0.0908. The van der Waals surface area contributed by atoms with Crippen molar-refractivity contribution in [1.82, 2.24) is 10.0 Å². The Bertz CT molecular complexity index is 599. The average Bonchev–Trinajstić information content (AvgIpc) is 2.44. The van der Waals surface area contributed by atoms with Crippen molar-refractivity contribution in [2.24, 2.45) is 5.41 Å². The minimum atomic E-state index is -3.50. The highest BCUT2D eigenvalue weighted by Gasteiger charge is 2.50. The normalized spacial score (nSPS) is 24.6. The van der Waals surface area contributed by atoms with Crippen LogP contribution >= 0.6 is 0 Å². The van der Waals surface area contributed by atoms with Crippen LogP contribution in [0.4, 0.5) is 0 Å². The Morgan fingerprint density at radius 2 is 2.10 bits per heavy atom. The molecular weight excluding hydrogens is 288 g/mol. The summed E-state index contributed by atoms with van der Waals surface area (Å²) in [7, 11) is 0.00235. The first-order chi connectivity index (χ1) is 9.81. The van der Waals surface area contributed by atoms with Crippen molar-refractivity contribution in [3.8, 4) is 0 Å². The fourth-order valence-corrected chi connectivity index (χ4v) is 4.24. The maximum atomic E-state index is 12.5. The first kappa shape index (κ1) is 16.4. The van der Waals surface area contributed by atoms with Gasteiger partial charge in [-0.15, -0.1) is 0 Å². The molecule has 21 heavy (non-hydrogen) atoms. The zero-order chi connectivity index (χ0) is 15.7. The van der Waals surface area contributed by atoms with Gasteiger partial charge in [-0.2, -0.15) is 0 Å². The molecule has 1 aromatic rings. The van der Waals surface area contributed by atoms with E-state index in [0.29, 0.717) is 17.9 Å². The van der Waals surface area contributed by atoms with Crippen LogP contribution in [-0.4, -0.2) is 34.7 Å². The second-order valence-corrected chi connectivity index (χ2v) is 7.85. The molecule has 0 radical (unpaired) electrons. The van der Waals surface area contributed by atoms with E-state index in [1.54, 1.807) is 25.3 Å². The van der Waals surface area contributed by atoms with E-state index in [4.69, 9.17) is 4.74 Å². The molecule has 2 unspecified atom stereocenters. The van der Waals surface area contributed by atoms with Crippen molar-refractivity contribution < 1.29 is 13.2 Å². The largest absolute Gasteiger partial charge is 0.381 e. The zero-order valence-electron chi connectivity index (χ0n) is 13.0. The smallest absolute Gasteiger partial charge is 0.240 e. The first-order valence-corrected chi connectivity index (χ1v) is 8.58. The van der Waals surface area contributed by atoms with Gasteiger partial charge in [0, 0.05) is 25.1 Å². The molecule has 0 saturated heterocycles. The quantitative estimate of drug-likeness (QED) is 0.835. The van der Waals surface area contributed by atoms with E-state index in [1.165, 1.54) is 0 Å². The molecule has 0 aliphatic heterocycles. The number of nitrogens with one attached hydrogen (secondary N) is 2. The molecule has 1 fully saturated rings. The fraction of sp³-hybridized carbons (Fsp3) is 0.600. The standard InChI is InChI=1S/C15H24N2O3S/c1-15(2)13(9-14(15)20-4)17-21(18,19)12-7-5-6-11(8-12)10-16-3/h5-8,13-14,16-17H,9-10H2,1-4H3. The number of rotatable bonds is 6. The SMILES string of the molecule is CNCc1cccc(S(=O)(=O)NC2CC(OC)C2(C)C)c1. The summed E-state index contributed by atoms with van der Waals surface area (Å²) in [6, 6.07) is 6.91. The summed E-state index contributed by atoms with van der Waals surface area (Å²) in [6.07, 6.45) is 0.805. The van der Waals surface area contributed by atoms with Crippen molar-refractivity contribution >= 4 is 10.0 Å². The number of ether oxygens (including phenoxy) is 1. The molecule has 0 aromatic heterocycles. The topological polar surface area (TPSA) is 67.4 Å². The summed E-state index contributed by atoms with van der Waals surface area (Å²) in [5.41, 5.74) is 0.757. The summed E-state index contributed by atoms with van der Waals surface area (Å²) in [5.74, 6) is 0. The minimum Gasteiger partial charge on any atom is -0.381 e.